The second kappa shape index (κ2) is 8.06. The molecule has 0 radical (unpaired) electrons. The van der Waals surface area contributed by atoms with Gasteiger partial charge in [-0.2, -0.15) is 0 Å². The number of carbonyl (C=O) groups excluding carboxylic acids is 2. The molecule has 100 valence electrons. The van der Waals surface area contributed by atoms with Crippen LogP contribution in [0.2, 0.25) is 0 Å². The van der Waals surface area contributed by atoms with Gasteiger partial charge in [-0.1, -0.05) is 6.92 Å². The number of carbonyl (C=O) groups is 2. The van der Waals surface area contributed by atoms with Crippen LogP contribution in [-0.2, 0) is 9.59 Å². The normalized spacial score (nSPS) is 13.9. The van der Waals surface area contributed by atoms with Gasteiger partial charge in [-0.25, -0.2) is 0 Å². The van der Waals surface area contributed by atoms with E-state index in [-0.39, 0.29) is 23.9 Å². The molecule has 0 saturated heterocycles. The number of nitrogens with one attached hydrogen (secondary N) is 2. The summed E-state index contributed by atoms with van der Waals surface area (Å²) in [5.41, 5.74) is 0. The summed E-state index contributed by atoms with van der Waals surface area (Å²) in [4.78, 5) is 24.5. The van der Waals surface area contributed by atoms with Gasteiger partial charge in [0, 0.05) is 33.1 Å². The molecule has 0 aliphatic carbocycles. The number of rotatable bonds is 7. The molecule has 0 spiro atoms. The fraction of sp³-hybridized carbons (Fsp3) is 0.833. The Kier molecular flexibility index (Phi) is 7.54. The Labute approximate surface area is 104 Å². The first-order valence-electron chi connectivity index (χ1n) is 6.12. The van der Waals surface area contributed by atoms with E-state index in [0.29, 0.717) is 13.0 Å². The van der Waals surface area contributed by atoms with Crippen LogP contribution in [0.4, 0.5) is 0 Å². The van der Waals surface area contributed by atoms with E-state index in [2.05, 4.69) is 10.6 Å². The van der Waals surface area contributed by atoms with Crippen LogP contribution in [0.1, 0.15) is 33.6 Å². The standard InChI is InChI=1S/C12H25N3O2/c1-6-9(2)14-11(16)7-8-13-10(3)12(17)15(4)5/h9-10,13H,6-8H2,1-5H3,(H,14,16). The maximum atomic E-state index is 11.5. The summed E-state index contributed by atoms with van der Waals surface area (Å²) in [6, 6.07) is -0.0373. The Morgan fingerprint density at radius 2 is 1.82 bits per heavy atom. The molecule has 0 aromatic carbocycles. The molecule has 0 aliphatic rings. The van der Waals surface area contributed by atoms with E-state index in [4.69, 9.17) is 0 Å². The second-order valence-corrected chi connectivity index (χ2v) is 4.54. The van der Waals surface area contributed by atoms with Crippen LogP contribution < -0.4 is 10.6 Å². The van der Waals surface area contributed by atoms with Crippen LogP contribution in [0.3, 0.4) is 0 Å². The van der Waals surface area contributed by atoms with E-state index in [0.717, 1.165) is 6.42 Å². The van der Waals surface area contributed by atoms with Crippen molar-refractivity contribution in [3.63, 3.8) is 0 Å². The molecule has 0 aromatic heterocycles. The highest BCUT2D eigenvalue weighted by Crippen LogP contribution is 1.91. The van der Waals surface area contributed by atoms with Gasteiger partial charge >= 0.3 is 0 Å². The van der Waals surface area contributed by atoms with E-state index in [1.165, 1.54) is 4.90 Å². The second-order valence-electron chi connectivity index (χ2n) is 4.54. The van der Waals surface area contributed by atoms with Crippen LogP contribution in [-0.4, -0.2) is 49.4 Å². The third-order valence-electron chi connectivity index (χ3n) is 2.63. The highest BCUT2D eigenvalue weighted by atomic mass is 16.2. The molecule has 0 aliphatic heterocycles. The topological polar surface area (TPSA) is 61.4 Å². The lowest BCUT2D eigenvalue weighted by Gasteiger charge is -2.18. The lowest BCUT2D eigenvalue weighted by atomic mass is 10.2. The average molecular weight is 243 g/mol. The van der Waals surface area contributed by atoms with Crippen molar-refractivity contribution in [3.05, 3.63) is 0 Å². The van der Waals surface area contributed by atoms with Gasteiger partial charge in [0.05, 0.1) is 6.04 Å². The van der Waals surface area contributed by atoms with E-state index < -0.39 is 0 Å². The summed E-state index contributed by atoms with van der Waals surface area (Å²) in [7, 11) is 3.44. The number of likely N-dealkylation sites (N-methyl/N-ethyl adjacent to an activating group) is 1. The van der Waals surface area contributed by atoms with Crippen LogP contribution in [0, 0.1) is 0 Å². The zero-order chi connectivity index (χ0) is 13.4. The molecule has 0 fully saturated rings. The average Bonchev–Trinajstić information content (AvgIpc) is 2.27. The predicted molar refractivity (Wildman–Crippen MR) is 68.7 cm³/mol. The van der Waals surface area contributed by atoms with Crippen LogP contribution in [0.5, 0.6) is 0 Å². The Bertz CT molecular complexity index is 254. The Hall–Kier alpha value is -1.10. The Morgan fingerprint density at radius 1 is 1.24 bits per heavy atom. The summed E-state index contributed by atoms with van der Waals surface area (Å²) in [6.07, 6.45) is 1.32. The smallest absolute Gasteiger partial charge is 0.238 e. The van der Waals surface area contributed by atoms with Gasteiger partial charge < -0.3 is 15.5 Å². The maximum absolute atomic E-state index is 11.5. The molecule has 2 amide bonds. The maximum Gasteiger partial charge on any atom is 0.238 e. The molecular formula is C12H25N3O2. The largest absolute Gasteiger partial charge is 0.354 e. The molecule has 0 bridgehead atoms. The molecular weight excluding hydrogens is 218 g/mol. The third kappa shape index (κ3) is 6.94. The van der Waals surface area contributed by atoms with Crippen molar-refractivity contribution in [1.29, 1.82) is 0 Å². The Balaban J connectivity index is 3.77. The van der Waals surface area contributed by atoms with E-state index in [1.54, 1.807) is 21.0 Å². The first-order valence-corrected chi connectivity index (χ1v) is 6.12. The van der Waals surface area contributed by atoms with Crippen molar-refractivity contribution in [2.75, 3.05) is 20.6 Å². The summed E-state index contributed by atoms with van der Waals surface area (Å²) in [5.74, 6) is 0.0451. The molecule has 2 atom stereocenters. The zero-order valence-corrected chi connectivity index (χ0v) is 11.5. The van der Waals surface area contributed by atoms with Crippen molar-refractivity contribution in [2.24, 2.45) is 0 Å². The van der Waals surface area contributed by atoms with Crippen molar-refractivity contribution in [2.45, 2.75) is 45.7 Å². The van der Waals surface area contributed by atoms with Crippen molar-refractivity contribution in [3.8, 4) is 0 Å². The highest BCUT2D eigenvalue weighted by Gasteiger charge is 2.14. The molecule has 5 nitrogen and oxygen atoms in total. The molecule has 0 aromatic rings. The monoisotopic (exact) mass is 243 g/mol. The number of nitrogens with zero attached hydrogens (tertiary/aromatic N) is 1. The zero-order valence-electron chi connectivity index (χ0n) is 11.5. The molecule has 0 rings (SSSR count). The van der Waals surface area contributed by atoms with E-state index >= 15 is 0 Å². The third-order valence-corrected chi connectivity index (χ3v) is 2.63. The summed E-state index contributed by atoms with van der Waals surface area (Å²) < 4.78 is 0. The summed E-state index contributed by atoms with van der Waals surface area (Å²) in [6.45, 7) is 6.32. The lowest BCUT2D eigenvalue weighted by molar-refractivity contribution is -0.130. The first-order chi connectivity index (χ1) is 7.88. The number of hydrogen-bond donors (Lipinski definition) is 2. The van der Waals surface area contributed by atoms with Crippen LogP contribution in [0.25, 0.3) is 0 Å². The highest BCUT2D eigenvalue weighted by molar-refractivity contribution is 5.81. The molecule has 2 unspecified atom stereocenters. The van der Waals surface area contributed by atoms with Gasteiger partial charge in [-0.3, -0.25) is 9.59 Å². The van der Waals surface area contributed by atoms with E-state index in [9.17, 15) is 9.59 Å². The summed E-state index contributed by atoms with van der Waals surface area (Å²) >= 11 is 0. The molecule has 0 saturated carbocycles. The predicted octanol–water partition coefficient (Wildman–Crippen LogP) is 0.358. The molecule has 17 heavy (non-hydrogen) atoms. The van der Waals surface area contributed by atoms with E-state index in [1.807, 2.05) is 13.8 Å². The fourth-order valence-electron chi connectivity index (χ4n) is 1.33. The fourth-order valence-corrected chi connectivity index (χ4v) is 1.33. The number of hydrogen-bond acceptors (Lipinski definition) is 3. The van der Waals surface area contributed by atoms with Gasteiger partial charge in [0.2, 0.25) is 11.8 Å². The van der Waals surface area contributed by atoms with Crippen molar-refractivity contribution >= 4 is 11.8 Å². The van der Waals surface area contributed by atoms with Gasteiger partial charge in [0.1, 0.15) is 0 Å². The molecule has 2 N–H and O–H groups in total. The van der Waals surface area contributed by atoms with Crippen molar-refractivity contribution in [1.82, 2.24) is 15.5 Å². The van der Waals surface area contributed by atoms with Gasteiger partial charge in [-0.05, 0) is 20.3 Å². The summed E-state index contributed by atoms with van der Waals surface area (Å²) in [5, 5.41) is 5.91. The molecule has 0 heterocycles. The van der Waals surface area contributed by atoms with Crippen LogP contribution in [0.15, 0.2) is 0 Å². The van der Waals surface area contributed by atoms with Crippen molar-refractivity contribution < 1.29 is 9.59 Å². The van der Waals surface area contributed by atoms with Gasteiger partial charge in [0.15, 0.2) is 0 Å². The quantitative estimate of drug-likeness (QED) is 0.678. The van der Waals surface area contributed by atoms with Crippen LogP contribution >= 0.6 is 0 Å². The lowest BCUT2D eigenvalue weighted by Crippen LogP contribution is -2.43. The minimum atomic E-state index is -0.249. The minimum Gasteiger partial charge on any atom is -0.354 e. The Morgan fingerprint density at radius 3 is 2.29 bits per heavy atom. The minimum absolute atomic E-state index is 0.0207. The SMILES string of the molecule is CCC(C)NC(=O)CCNC(C)C(=O)N(C)C. The van der Waals surface area contributed by atoms with Gasteiger partial charge in [-0.15, -0.1) is 0 Å². The first kappa shape index (κ1) is 15.9. The van der Waals surface area contributed by atoms with Gasteiger partial charge in [0.25, 0.3) is 0 Å². The number of amides is 2. The molecule has 5 heteroatoms.